The Morgan fingerprint density at radius 1 is 1.00 bits per heavy atom. The van der Waals surface area contributed by atoms with Crippen molar-refractivity contribution in [2.45, 2.75) is 43.0 Å². The Kier molecular flexibility index (Phi) is 7.98. The van der Waals surface area contributed by atoms with Crippen LogP contribution in [-0.4, -0.2) is 44.8 Å². The highest BCUT2D eigenvalue weighted by molar-refractivity contribution is 7.89. The lowest BCUT2D eigenvalue weighted by atomic mass is 10.0. The van der Waals surface area contributed by atoms with Gasteiger partial charge in [0.05, 0.1) is 24.5 Å². The normalized spacial score (nSPS) is 16.1. The molecule has 0 aliphatic carbocycles. The molecule has 7 nitrogen and oxygen atoms in total. The largest absolute Gasteiger partial charge is 0.469 e. The van der Waals surface area contributed by atoms with Crippen molar-refractivity contribution in [3.05, 3.63) is 65.5 Å². The van der Waals surface area contributed by atoms with Gasteiger partial charge < -0.3 is 10.1 Å². The van der Waals surface area contributed by atoms with Gasteiger partial charge in [0, 0.05) is 18.7 Å². The Labute approximate surface area is 187 Å². The molecule has 1 atom stereocenters. The van der Waals surface area contributed by atoms with Gasteiger partial charge in [-0.25, -0.2) is 12.8 Å². The highest BCUT2D eigenvalue weighted by atomic mass is 32.2. The van der Waals surface area contributed by atoms with Crippen molar-refractivity contribution in [1.82, 2.24) is 9.62 Å². The Morgan fingerprint density at radius 3 is 2.16 bits per heavy atom. The van der Waals surface area contributed by atoms with E-state index in [0.29, 0.717) is 18.7 Å². The molecule has 1 N–H and O–H groups in total. The Balaban J connectivity index is 1.75. The van der Waals surface area contributed by atoms with Gasteiger partial charge in [-0.2, -0.15) is 4.31 Å². The summed E-state index contributed by atoms with van der Waals surface area (Å²) >= 11 is 0. The number of amides is 1. The number of sulfonamides is 1. The predicted molar refractivity (Wildman–Crippen MR) is 117 cm³/mol. The summed E-state index contributed by atoms with van der Waals surface area (Å²) in [7, 11) is -2.37. The van der Waals surface area contributed by atoms with Gasteiger partial charge in [-0.3, -0.25) is 9.59 Å². The summed E-state index contributed by atoms with van der Waals surface area (Å²) < 4.78 is 45.3. The first-order valence-electron chi connectivity index (χ1n) is 10.5. The first-order valence-corrected chi connectivity index (χ1v) is 12.0. The van der Waals surface area contributed by atoms with Crippen LogP contribution in [0, 0.1) is 5.82 Å². The number of nitrogens with one attached hydrogen (secondary N) is 1. The van der Waals surface area contributed by atoms with Gasteiger partial charge in [0.2, 0.25) is 10.0 Å². The average molecular weight is 463 g/mol. The summed E-state index contributed by atoms with van der Waals surface area (Å²) in [5, 5.41) is 2.74. The van der Waals surface area contributed by atoms with Crippen molar-refractivity contribution in [2.75, 3.05) is 20.2 Å². The van der Waals surface area contributed by atoms with Crippen molar-refractivity contribution < 1.29 is 27.1 Å². The maximum atomic E-state index is 13.3. The van der Waals surface area contributed by atoms with Crippen LogP contribution >= 0.6 is 0 Å². The van der Waals surface area contributed by atoms with Crippen LogP contribution in [0.1, 0.15) is 54.1 Å². The molecule has 2 aromatic rings. The molecule has 0 aromatic heterocycles. The van der Waals surface area contributed by atoms with E-state index in [2.05, 4.69) is 5.32 Å². The van der Waals surface area contributed by atoms with E-state index in [1.54, 1.807) is 0 Å². The number of nitrogens with zero attached hydrogens (tertiary/aromatic N) is 1. The summed E-state index contributed by atoms with van der Waals surface area (Å²) in [6.07, 6.45) is 3.59. The highest BCUT2D eigenvalue weighted by Crippen LogP contribution is 2.22. The zero-order valence-corrected chi connectivity index (χ0v) is 18.7. The molecule has 1 aliphatic rings. The highest BCUT2D eigenvalue weighted by Gasteiger charge is 2.26. The molecule has 1 saturated heterocycles. The third kappa shape index (κ3) is 5.92. The molecule has 1 heterocycles. The standard InChI is InChI=1S/C23H27FN2O5S/c1-31-22(27)16-21(17-6-10-19(24)11-7-17)25-23(28)18-8-12-20(13-9-18)32(29,30)26-14-4-2-3-5-15-26/h6-13,21H,2-5,14-16H2,1H3,(H,25,28). The van der Waals surface area contributed by atoms with Crippen LogP contribution in [0.4, 0.5) is 4.39 Å². The van der Waals surface area contributed by atoms with E-state index in [-0.39, 0.29) is 16.9 Å². The van der Waals surface area contributed by atoms with E-state index in [1.165, 1.54) is 59.9 Å². The summed E-state index contributed by atoms with van der Waals surface area (Å²) in [5.74, 6) is -1.45. The summed E-state index contributed by atoms with van der Waals surface area (Å²) in [6.45, 7) is 0.995. The van der Waals surface area contributed by atoms with E-state index in [0.717, 1.165) is 25.7 Å². The molecule has 172 valence electrons. The van der Waals surface area contributed by atoms with Crippen LogP contribution in [0.2, 0.25) is 0 Å². The number of hydrogen-bond acceptors (Lipinski definition) is 5. The third-order valence-corrected chi connectivity index (χ3v) is 7.41. The van der Waals surface area contributed by atoms with Gasteiger partial charge in [-0.05, 0) is 54.8 Å². The molecule has 0 saturated carbocycles. The molecule has 32 heavy (non-hydrogen) atoms. The Bertz CT molecular complexity index is 1030. The first kappa shape index (κ1) is 23.9. The number of hydrogen-bond donors (Lipinski definition) is 1. The summed E-state index contributed by atoms with van der Waals surface area (Å²) in [4.78, 5) is 24.7. The second-order valence-corrected chi connectivity index (χ2v) is 9.64. The van der Waals surface area contributed by atoms with Crippen molar-refractivity contribution in [2.24, 2.45) is 0 Å². The number of methoxy groups -OCH3 is 1. The molecule has 1 aliphatic heterocycles. The zero-order valence-electron chi connectivity index (χ0n) is 17.9. The minimum absolute atomic E-state index is 0.130. The first-order chi connectivity index (χ1) is 15.3. The van der Waals surface area contributed by atoms with Crippen LogP contribution in [0.3, 0.4) is 0 Å². The van der Waals surface area contributed by atoms with E-state index in [9.17, 15) is 22.4 Å². The number of halogens is 1. The second kappa shape index (κ2) is 10.7. The molecule has 0 bridgehead atoms. The quantitative estimate of drug-likeness (QED) is 0.637. The fourth-order valence-corrected chi connectivity index (χ4v) is 5.17. The average Bonchev–Trinajstić information content (AvgIpc) is 3.09. The monoisotopic (exact) mass is 462 g/mol. The molecule has 3 rings (SSSR count). The van der Waals surface area contributed by atoms with Crippen LogP contribution in [0.5, 0.6) is 0 Å². The number of esters is 1. The molecular formula is C23H27FN2O5S. The summed E-state index contributed by atoms with van der Waals surface area (Å²) in [6, 6.07) is 10.5. The zero-order chi connectivity index (χ0) is 23.1. The van der Waals surface area contributed by atoms with Crippen LogP contribution in [0.15, 0.2) is 53.4 Å². The van der Waals surface area contributed by atoms with Gasteiger partial charge in [0.1, 0.15) is 5.82 Å². The molecule has 1 fully saturated rings. The molecule has 0 radical (unpaired) electrons. The molecule has 2 aromatic carbocycles. The van der Waals surface area contributed by atoms with E-state index in [1.807, 2.05) is 0 Å². The van der Waals surface area contributed by atoms with E-state index < -0.39 is 33.8 Å². The Morgan fingerprint density at radius 2 is 1.59 bits per heavy atom. The SMILES string of the molecule is COC(=O)CC(NC(=O)c1ccc(S(=O)(=O)N2CCCCCC2)cc1)c1ccc(F)cc1. The van der Waals surface area contributed by atoms with Gasteiger partial charge >= 0.3 is 5.97 Å². The lowest BCUT2D eigenvalue weighted by Crippen LogP contribution is -2.32. The minimum Gasteiger partial charge on any atom is -0.469 e. The fourth-order valence-electron chi connectivity index (χ4n) is 3.65. The molecule has 9 heteroatoms. The minimum atomic E-state index is -3.61. The van der Waals surface area contributed by atoms with Gasteiger partial charge in [0.25, 0.3) is 5.91 Å². The maximum absolute atomic E-state index is 13.3. The summed E-state index contributed by atoms with van der Waals surface area (Å²) in [5.41, 5.74) is 0.794. The molecular weight excluding hydrogens is 435 g/mol. The van der Waals surface area contributed by atoms with Gasteiger partial charge in [-0.15, -0.1) is 0 Å². The van der Waals surface area contributed by atoms with Gasteiger partial charge in [-0.1, -0.05) is 25.0 Å². The fraction of sp³-hybridized carbons (Fsp3) is 0.391. The topological polar surface area (TPSA) is 92.8 Å². The molecule has 1 unspecified atom stereocenters. The lowest BCUT2D eigenvalue weighted by Gasteiger charge is -2.20. The van der Waals surface area contributed by atoms with Crippen molar-refractivity contribution >= 4 is 21.9 Å². The Hall–Kier alpha value is -2.78. The number of carbonyl (C=O) groups is 2. The third-order valence-electron chi connectivity index (χ3n) is 5.50. The molecule has 1 amide bonds. The molecule has 0 spiro atoms. The second-order valence-electron chi connectivity index (χ2n) is 7.70. The van der Waals surface area contributed by atoms with E-state index in [4.69, 9.17) is 4.74 Å². The van der Waals surface area contributed by atoms with Crippen molar-refractivity contribution in [3.8, 4) is 0 Å². The number of ether oxygens (including phenoxy) is 1. The number of rotatable bonds is 7. The maximum Gasteiger partial charge on any atom is 0.307 e. The predicted octanol–water partition coefficient (Wildman–Crippen LogP) is 3.42. The van der Waals surface area contributed by atoms with Crippen molar-refractivity contribution in [3.63, 3.8) is 0 Å². The van der Waals surface area contributed by atoms with E-state index >= 15 is 0 Å². The number of carbonyl (C=O) groups excluding carboxylic acids is 2. The van der Waals surface area contributed by atoms with Crippen molar-refractivity contribution in [1.29, 1.82) is 0 Å². The lowest BCUT2D eigenvalue weighted by molar-refractivity contribution is -0.141. The number of benzene rings is 2. The smallest absolute Gasteiger partial charge is 0.307 e. The van der Waals surface area contributed by atoms with Crippen LogP contribution in [-0.2, 0) is 19.6 Å². The van der Waals surface area contributed by atoms with Gasteiger partial charge in [0.15, 0.2) is 0 Å². The van der Waals surface area contributed by atoms with Crippen LogP contribution < -0.4 is 5.32 Å². The van der Waals surface area contributed by atoms with Crippen LogP contribution in [0.25, 0.3) is 0 Å².